The van der Waals surface area contributed by atoms with Gasteiger partial charge in [-0.1, -0.05) is 6.07 Å². The Balaban J connectivity index is 0.00000192. The first-order valence-electron chi connectivity index (χ1n) is 9.34. The molecular weight excluding hydrogens is 376 g/mol. The minimum atomic E-state index is 0. The molecule has 2 aliphatic rings. The van der Waals surface area contributed by atoms with Gasteiger partial charge < -0.3 is 15.3 Å². The number of anilines is 1. The van der Waals surface area contributed by atoms with E-state index in [0.717, 1.165) is 43.1 Å². The number of aromatic nitrogens is 4. The van der Waals surface area contributed by atoms with Gasteiger partial charge in [-0.15, -0.1) is 22.6 Å². The van der Waals surface area contributed by atoms with Crippen LogP contribution in [-0.4, -0.2) is 51.7 Å². The quantitative estimate of drug-likeness (QED) is 0.628. The first kappa shape index (κ1) is 18.7. The Labute approximate surface area is 169 Å². The molecule has 0 atom stereocenters. The van der Waals surface area contributed by atoms with Crippen LogP contribution in [0.2, 0.25) is 0 Å². The number of hydrogen-bond donors (Lipinski definition) is 3. The molecule has 8 heteroatoms. The van der Waals surface area contributed by atoms with Crippen LogP contribution < -0.4 is 10.2 Å². The summed E-state index contributed by atoms with van der Waals surface area (Å²) in [5.74, 6) is 1.10. The summed E-state index contributed by atoms with van der Waals surface area (Å²) >= 11 is 0. The molecule has 2 aromatic heterocycles. The van der Waals surface area contributed by atoms with Gasteiger partial charge in [-0.2, -0.15) is 5.10 Å². The highest BCUT2D eigenvalue weighted by Gasteiger charge is 2.43. The fraction of sp³-hybridized carbons (Fsp3) is 0.350. The van der Waals surface area contributed by atoms with Crippen molar-refractivity contribution < 1.29 is 5.11 Å². The molecule has 0 unspecified atom stereocenters. The number of nitrogens with zero attached hydrogens (tertiary/aromatic N) is 4. The number of piperidine rings is 1. The van der Waals surface area contributed by atoms with Gasteiger partial charge in [-0.3, -0.25) is 5.10 Å². The van der Waals surface area contributed by atoms with E-state index >= 15 is 0 Å². The van der Waals surface area contributed by atoms with Crippen LogP contribution in [0.1, 0.15) is 12.8 Å². The molecule has 2 saturated heterocycles. The minimum absolute atomic E-state index is 0. The number of aromatic amines is 1. The third kappa shape index (κ3) is 3.31. The Kier molecular flexibility index (Phi) is 4.95. The van der Waals surface area contributed by atoms with E-state index in [2.05, 4.69) is 30.6 Å². The molecule has 0 radical (unpaired) electrons. The van der Waals surface area contributed by atoms with Crippen LogP contribution in [0.15, 0.2) is 42.7 Å². The maximum absolute atomic E-state index is 10.4. The third-order valence-corrected chi connectivity index (χ3v) is 5.80. The summed E-state index contributed by atoms with van der Waals surface area (Å²) in [5.41, 5.74) is 3.66. The van der Waals surface area contributed by atoms with Crippen LogP contribution in [0.25, 0.3) is 22.4 Å². The maximum Gasteiger partial charge on any atom is 0.151 e. The van der Waals surface area contributed by atoms with Crippen molar-refractivity contribution >= 4 is 18.2 Å². The van der Waals surface area contributed by atoms with E-state index < -0.39 is 0 Å². The lowest BCUT2D eigenvalue weighted by Crippen LogP contribution is -2.60. The van der Waals surface area contributed by atoms with E-state index in [4.69, 9.17) is 0 Å². The van der Waals surface area contributed by atoms with Crippen molar-refractivity contribution in [1.82, 2.24) is 25.7 Å². The second kappa shape index (κ2) is 7.41. The van der Waals surface area contributed by atoms with Crippen LogP contribution >= 0.6 is 12.4 Å². The largest absolute Gasteiger partial charge is 0.507 e. The minimum Gasteiger partial charge on any atom is -0.507 e. The van der Waals surface area contributed by atoms with Gasteiger partial charge in [0.05, 0.1) is 11.9 Å². The third-order valence-electron chi connectivity index (χ3n) is 5.80. The summed E-state index contributed by atoms with van der Waals surface area (Å²) in [6.45, 7) is 4.36. The van der Waals surface area contributed by atoms with Gasteiger partial charge in [0.25, 0.3) is 0 Å². The van der Waals surface area contributed by atoms with Crippen molar-refractivity contribution in [3.8, 4) is 28.1 Å². The highest BCUT2D eigenvalue weighted by Crippen LogP contribution is 2.40. The van der Waals surface area contributed by atoms with E-state index in [1.165, 1.54) is 12.8 Å². The van der Waals surface area contributed by atoms with Gasteiger partial charge in [0.15, 0.2) is 5.82 Å². The number of H-pyrrole nitrogens is 1. The molecule has 4 heterocycles. The number of aromatic hydroxyl groups is 1. The Morgan fingerprint density at radius 1 is 1.00 bits per heavy atom. The Morgan fingerprint density at radius 2 is 1.82 bits per heavy atom. The summed E-state index contributed by atoms with van der Waals surface area (Å²) in [6, 6.07) is 9.48. The SMILES string of the molecule is Cl.Oc1cc(-c2cn[nH]c2)ccc1-c1ccc(N2CC3(CCNCC3)C2)nn1. The van der Waals surface area contributed by atoms with Crippen LogP contribution in [0.4, 0.5) is 5.82 Å². The molecule has 0 aliphatic carbocycles. The molecule has 3 N–H and O–H groups in total. The molecular formula is C20H23ClN6O. The number of hydrogen-bond acceptors (Lipinski definition) is 6. The van der Waals surface area contributed by atoms with Crippen LogP contribution in [0.3, 0.4) is 0 Å². The topological polar surface area (TPSA) is 90.0 Å². The predicted molar refractivity (Wildman–Crippen MR) is 111 cm³/mol. The fourth-order valence-electron chi connectivity index (χ4n) is 4.17. The average Bonchev–Trinajstić information content (AvgIpc) is 3.22. The standard InChI is InChI=1S/C20H22N6O.ClH/c27-18-9-14(15-10-22-23-11-15)1-2-16(18)17-3-4-19(25-24-17)26-12-20(13-26)5-7-21-8-6-20;/h1-4,9-11,21,27H,5-8,12-13H2,(H,22,23);1H. The van der Waals surface area contributed by atoms with E-state index in [1.54, 1.807) is 18.5 Å². The number of phenols is 1. The smallest absolute Gasteiger partial charge is 0.151 e. The van der Waals surface area contributed by atoms with Gasteiger partial charge in [0, 0.05) is 35.8 Å². The molecule has 1 spiro atoms. The Morgan fingerprint density at radius 3 is 2.46 bits per heavy atom. The lowest BCUT2D eigenvalue weighted by molar-refractivity contribution is 0.149. The molecule has 0 bridgehead atoms. The lowest BCUT2D eigenvalue weighted by Gasteiger charge is -2.52. The van der Waals surface area contributed by atoms with Gasteiger partial charge in [-0.05, 0) is 55.8 Å². The zero-order chi connectivity index (χ0) is 18.3. The van der Waals surface area contributed by atoms with E-state index in [1.807, 2.05) is 24.3 Å². The number of phenolic OH excluding ortho intramolecular Hbond substituents is 1. The molecule has 0 saturated carbocycles. The Hall–Kier alpha value is -2.64. The summed E-state index contributed by atoms with van der Waals surface area (Å²) in [7, 11) is 0. The molecule has 28 heavy (non-hydrogen) atoms. The zero-order valence-electron chi connectivity index (χ0n) is 15.4. The number of halogens is 1. The summed E-state index contributed by atoms with van der Waals surface area (Å²) in [6.07, 6.45) is 6.01. The van der Waals surface area contributed by atoms with Crippen molar-refractivity contribution in [3.05, 3.63) is 42.7 Å². The van der Waals surface area contributed by atoms with Crippen molar-refractivity contribution in [3.63, 3.8) is 0 Å². The van der Waals surface area contributed by atoms with Crippen LogP contribution in [0.5, 0.6) is 5.75 Å². The molecule has 1 aromatic carbocycles. The maximum atomic E-state index is 10.4. The highest BCUT2D eigenvalue weighted by atomic mass is 35.5. The summed E-state index contributed by atoms with van der Waals surface area (Å²) in [5, 5.41) is 29.3. The van der Waals surface area contributed by atoms with Gasteiger partial charge in [0.1, 0.15) is 5.75 Å². The number of benzene rings is 1. The highest BCUT2D eigenvalue weighted by molar-refractivity contribution is 5.85. The molecule has 7 nitrogen and oxygen atoms in total. The Bertz CT molecular complexity index is 930. The monoisotopic (exact) mass is 398 g/mol. The van der Waals surface area contributed by atoms with Gasteiger partial charge in [0.2, 0.25) is 0 Å². The number of rotatable bonds is 3. The second-order valence-electron chi connectivity index (χ2n) is 7.60. The number of nitrogens with one attached hydrogen (secondary N) is 2. The van der Waals surface area contributed by atoms with Crippen molar-refractivity contribution in [2.75, 3.05) is 31.1 Å². The lowest BCUT2D eigenvalue weighted by atomic mass is 9.72. The molecule has 5 rings (SSSR count). The van der Waals surface area contributed by atoms with E-state index in [0.29, 0.717) is 16.7 Å². The van der Waals surface area contributed by atoms with Crippen molar-refractivity contribution in [2.24, 2.45) is 5.41 Å². The van der Waals surface area contributed by atoms with Crippen LogP contribution in [-0.2, 0) is 0 Å². The van der Waals surface area contributed by atoms with Crippen LogP contribution in [0, 0.1) is 5.41 Å². The molecule has 146 valence electrons. The summed E-state index contributed by atoms with van der Waals surface area (Å²) in [4.78, 5) is 2.30. The van der Waals surface area contributed by atoms with Crippen molar-refractivity contribution in [2.45, 2.75) is 12.8 Å². The van der Waals surface area contributed by atoms with Gasteiger partial charge in [-0.25, -0.2) is 0 Å². The molecule has 2 aliphatic heterocycles. The molecule has 2 fully saturated rings. The fourth-order valence-corrected chi connectivity index (χ4v) is 4.17. The average molecular weight is 399 g/mol. The predicted octanol–water partition coefficient (Wildman–Crippen LogP) is 2.85. The van der Waals surface area contributed by atoms with Crippen molar-refractivity contribution in [1.29, 1.82) is 0 Å². The first-order chi connectivity index (χ1) is 13.2. The van der Waals surface area contributed by atoms with Gasteiger partial charge >= 0.3 is 0 Å². The zero-order valence-corrected chi connectivity index (χ0v) is 16.2. The second-order valence-corrected chi connectivity index (χ2v) is 7.60. The molecule has 3 aromatic rings. The van der Waals surface area contributed by atoms with E-state index in [9.17, 15) is 5.11 Å². The molecule has 0 amide bonds. The van der Waals surface area contributed by atoms with E-state index in [-0.39, 0.29) is 18.2 Å². The summed E-state index contributed by atoms with van der Waals surface area (Å²) < 4.78 is 0. The normalized spacial score (nSPS) is 17.8. The first-order valence-corrected chi connectivity index (χ1v) is 9.34.